The van der Waals surface area contributed by atoms with Crippen LogP contribution in [0.5, 0.6) is 0 Å². The van der Waals surface area contributed by atoms with Gasteiger partial charge in [0.05, 0.1) is 6.21 Å². The van der Waals surface area contributed by atoms with Crippen LogP contribution in [-0.2, 0) is 0 Å². The first-order chi connectivity index (χ1) is 14.7. The van der Waals surface area contributed by atoms with E-state index in [4.69, 9.17) is 4.98 Å². The van der Waals surface area contributed by atoms with E-state index < -0.39 is 0 Å². The highest BCUT2D eigenvalue weighted by atomic mass is 32.2. The lowest BCUT2D eigenvalue weighted by Crippen LogP contribution is -2.33. The summed E-state index contributed by atoms with van der Waals surface area (Å²) in [4.78, 5) is 9.78. The average molecular weight is 426 g/mol. The van der Waals surface area contributed by atoms with Crippen molar-refractivity contribution < 1.29 is 0 Å². The number of nitrogens with one attached hydrogen (secondary N) is 1. The van der Waals surface area contributed by atoms with Gasteiger partial charge in [-0.25, -0.2) is 4.98 Å². The smallest absolute Gasteiger partial charge is 0.150 e. The van der Waals surface area contributed by atoms with Gasteiger partial charge in [-0.1, -0.05) is 50.1 Å². The maximum atomic E-state index is 4.89. The van der Waals surface area contributed by atoms with Crippen LogP contribution in [0.4, 0.5) is 17.3 Å². The van der Waals surface area contributed by atoms with Crippen LogP contribution in [0.3, 0.4) is 0 Å². The van der Waals surface area contributed by atoms with E-state index in [0.717, 1.165) is 61.3 Å². The number of hydrogen-bond donors (Lipinski definition) is 1. The van der Waals surface area contributed by atoms with Gasteiger partial charge in [0.25, 0.3) is 0 Å². The number of thioether (sulfide) groups is 1. The molecule has 0 radical (unpaired) electrons. The van der Waals surface area contributed by atoms with E-state index in [-0.39, 0.29) is 0 Å². The van der Waals surface area contributed by atoms with Crippen molar-refractivity contribution >= 4 is 35.3 Å². The first-order valence-corrected chi connectivity index (χ1v) is 12.3. The number of aryl methyl sites for hydroxylation is 1. The number of hydrogen-bond acceptors (Lipinski definition) is 6. The Morgan fingerprint density at radius 1 is 1.13 bits per heavy atom. The fourth-order valence-electron chi connectivity index (χ4n) is 3.61. The second kappa shape index (κ2) is 11.8. The summed E-state index contributed by atoms with van der Waals surface area (Å²) in [6, 6.07) is 12.7. The van der Waals surface area contributed by atoms with Gasteiger partial charge in [-0.05, 0) is 25.3 Å². The summed E-state index contributed by atoms with van der Waals surface area (Å²) in [6.45, 7) is 10.8. The zero-order valence-electron chi connectivity index (χ0n) is 18.6. The zero-order valence-corrected chi connectivity index (χ0v) is 19.4. The highest BCUT2D eigenvalue weighted by Gasteiger charge is 2.16. The van der Waals surface area contributed by atoms with E-state index in [1.807, 2.05) is 18.0 Å². The van der Waals surface area contributed by atoms with Gasteiger partial charge in [-0.3, -0.25) is 5.43 Å². The van der Waals surface area contributed by atoms with Gasteiger partial charge in [0, 0.05) is 55.5 Å². The minimum Gasteiger partial charge on any atom is -0.371 e. The molecule has 2 heterocycles. The van der Waals surface area contributed by atoms with Gasteiger partial charge in [-0.15, -0.1) is 0 Å². The number of aromatic nitrogens is 1. The van der Waals surface area contributed by atoms with Crippen LogP contribution < -0.4 is 15.2 Å². The van der Waals surface area contributed by atoms with Crippen molar-refractivity contribution in [2.45, 2.75) is 40.0 Å². The van der Waals surface area contributed by atoms with Crippen molar-refractivity contribution in [2.75, 3.05) is 52.9 Å². The number of anilines is 3. The second-order valence-corrected chi connectivity index (χ2v) is 9.02. The van der Waals surface area contributed by atoms with E-state index in [1.54, 1.807) is 0 Å². The van der Waals surface area contributed by atoms with Crippen molar-refractivity contribution in [2.24, 2.45) is 5.10 Å². The summed E-state index contributed by atoms with van der Waals surface area (Å²) in [5, 5.41) is 4.47. The largest absolute Gasteiger partial charge is 0.371 e. The van der Waals surface area contributed by atoms with Gasteiger partial charge in [0.15, 0.2) is 5.82 Å². The Bertz CT molecular complexity index is 817. The minimum atomic E-state index is 0.808. The molecule has 0 spiro atoms. The van der Waals surface area contributed by atoms with Gasteiger partial charge in [0.2, 0.25) is 0 Å². The molecule has 1 aliphatic rings. The van der Waals surface area contributed by atoms with Crippen LogP contribution in [-0.4, -0.2) is 48.9 Å². The fraction of sp³-hybridized carbons (Fsp3) is 0.500. The lowest BCUT2D eigenvalue weighted by atomic mass is 10.2. The molecule has 2 aromatic rings. The lowest BCUT2D eigenvalue weighted by molar-refractivity contribution is 0.703. The normalized spacial score (nSPS) is 14.3. The van der Waals surface area contributed by atoms with E-state index in [2.05, 4.69) is 77.5 Å². The fourth-order valence-corrected chi connectivity index (χ4v) is 4.51. The standard InChI is InChI=1S/C24H35N5S/c1-4-6-11-28(10-5-2)22-17-23(26-24(18-22)29-12-14-30-15-13-29)27-25-19-21-9-7-8-20(3)16-21/h7-9,16-19H,4-6,10-15H2,1-3H3,(H,26,27)/b25-19+. The molecule has 0 amide bonds. The zero-order chi connectivity index (χ0) is 21.2. The molecule has 6 heteroatoms. The highest BCUT2D eigenvalue weighted by molar-refractivity contribution is 7.99. The molecule has 1 aliphatic heterocycles. The molecule has 0 aliphatic carbocycles. The van der Waals surface area contributed by atoms with Crippen LogP contribution in [0.1, 0.15) is 44.2 Å². The molecule has 162 valence electrons. The molecule has 1 fully saturated rings. The van der Waals surface area contributed by atoms with Crippen LogP contribution in [0.2, 0.25) is 0 Å². The third-order valence-corrected chi connectivity index (χ3v) is 6.15. The van der Waals surface area contributed by atoms with Gasteiger partial charge >= 0.3 is 0 Å². The number of pyridine rings is 1. The van der Waals surface area contributed by atoms with Crippen molar-refractivity contribution in [3.63, 3.8) is 0 Å². The molecule has 0 atom stereocenters. The van der Waals surface area contributed by atoms with E-state index in [9.17, 15) is 0 Å². The molecule has 1 saturated heterocycles. The number of hydrazone groups is 1. The first kappa shape index (κ1) is 22.5. The average Bonchev–Trinajstić information content (AvgIpc) is 2.77. The number of nitrogens with zero attached hydrogens (tertiary/aromatic N) is 4. The number of benzene rings is 1. The molecule has 0 saturated carbocycles. The molecule has 1 aromatic heterocycles. The second-order valence-electron chi connectivity index (χ2n) is 7.79. The van der Waals surface area contributed by atoms with Gasteiger partial charge in [-0.2, -0.15) is 16.9 Å². The summed E-state index contributed by atoms with van der Waals surface area (Å²) in [5.74, 6) is 4.18. The summed E-state index contributed by atoms with van der Waals surface area (Å²) in [6.07, 6.45) is 5.40. The summed E-state index contributed by atoms with van der Waals surface area (Å²) in [5.41, 5.74) is 6.74. The molecule has 1 N–H and O–H groups in total. The molecule has 30 heavy (non-hydrogen) atoms. The Kier molecular flexibility index (Phi) is 8.87. The van der Waals surface area contributed by atoms with Crippen LogP contribution in [0, 0.1) is 6.92 Å². The molecule has 0 unspecified atom stereocenters. The van der Waals surface area contributed by atoms with Crippen molar-refractivity contribution in [1.29, 1.82) is 0 Å². The van der Waals surface area contributed by atoms with E-state index >= 15 is 0 Å². The molecule has 3 rings (SSSR count). The number of rotatable bonds is 10. The van der Waals surface area contributed by atoms with Crippen LogP contribution in [0.15, 0.2) is 41.5 Å². The molecule has 5 nitrogen and oxygen atoms in total. The van der Waals surface area contributed by atoms with E-state index in [0.29, 0.717) is 0 Å². The SMILES string of the molecule is CCCCN(CCC)c1cc(N/N=C/c2cccc(C)c2)nc(N2CCSCC2)c1. The molecular formula is C24H35N5S. The first-order valence-electron chi connectivity index (χ1n) is 11.1. The number of unbranched alkanes of at least 4 members (excludes halogenated alkanes) is 1. The maximum absolute atomic E-state index is 4.89. The van der Waals surface area contributed by atoms with Crippen LogP contribution in [0.25, 0.3) is 0 Å². The topological polar surface area (TPSA) is 43.8 Å². The third kappa shape index (κ3) is 6.66. The Balaban J connectivity index is 1.84. The Labute approximate surface area is 186 Å². The predicted octanol–water partition coefficient (Wildman–Crippen LogP) is 5.41. The summed E-state index contributed by atoms with van der Waals surface area (Å²) >= 11 is 2.02. The monoisotopic (exact) mass is 425 g/mol. The van der Waals surface area contributed by atoms with Crippen molar-refractivity contribution in [3.8, 4) is 0 Å². The Morgan fingerprint density at radius 2 is 1.97 bits per heavy atom. The summed E-state index contributed by atoms with van der Waals surface area (Å²) in [7, 11) is 0. The molecular weight excluding hydrogens is 390 g/mol. The molecule has 1 aromatic carbocycles. The van der Waals surface area contributed by atoms with Gasteiger partial charge in [0.1, 0.15) is 5.82 Å². The minimum absolute atomic E-state index is 0.808. The van der Waals surface area contributed by atoms with Crippen LogP contribution >= 0.6 is 11.8 Å². The maximum Gasteiger partial charge on any atom is 0.150 e. The lowest BCUT2D eigenvalue weighted by Gasteiger charge is -2.30. The van der Waals surface area contributed by atoms with Crippen molar-refractivity contribution in [3.05, 3.63) is 47.5 Å². The predicted molar refractivity (Wildman–Crippen MR) is 134 cm³/mol. The Hall–Kier alpha value is -2.21. The highest BCUT2D eigenvalue weighted by Crippen LogP contribution is 2.27. The summed E-state index contributed by atoms with van der Waals surface area (Å²) < 4.78 is 0. The van der Waals surface area contributed by atoms with Crippen molar-refractivity contribution in [1.82, 2.24) is 4.98 Å². The molecule has 0 bridgehead atoms. The Morgan fingerprint density at radius 3 is 2.70 bits per heavy atom. The van der Waals surface area contributed by atoms with Gasteiger partial charge < -0.3 is 9.80 Å². The quantitative estimate of drug-likeness (QED) is 0.407. The third-order valence-electron chi connectivity index (χ3n) is 5.21. The van der Waals surface area contributed by atoms with E-state index in [1.165, 1.54) is 24.1 Å².